The number of nitrogens with one attached hydrogen (secondary N) is 1. The van der Waals surface area contributed by atoms with E-state index in [1.807, 2.05) is 61.5 Å². The Morgan fingerprint density at radius 1 is 1.08 bits per heavy atom. The predicted molar refractivity (Wildman–Crippen MR) is 96.6 cm³/mol. The average Bonchev–Trinajstić information content (AvgIpc) is 2.64. The van der Waals surface area contributed by atoms with Crippen LogP contribution < -0.4 is 10.2 Å². The summed E-state index contributed by atoms with van der Waals surface area (Å²) in [5.41, 5.74) is 4.94. The Balaban J connectivity index is 1.65. The highest BCUT2D eigenvalue weighted by atomic mass is 16.5. The first-order chi connectivity index (χ1) is 12.1. The highest BCUT2D eigenvalue weighted by Crippen LogP contribution is 2.21. The Morgan fingerprint density at radius 2 is 1.80 bits per heavy atom. The normalized spacial score (nSPS) is 11.4. The number of nitrogens with zero attached hydrogens (tertiary/aromatic N) is 3. The molecule has 0 aliphatic carbocycles. The molecule has 0 fully saturated rings. The summed E-state index contributed by atoms with van der Waals surface area (Å²) in [6.07, 6.45) is 0. The fourth-order valence-electron chi connectivity index (χ4n) is 2.32. The Hall–Kier alpha value is -3.28. The van der Waals surface area contributed by atoms with Crippen LogP contribution in [0, 0.1) is 6.92 Å². The van der Waals surface area contributed by atoms with Crippen LogP contribution in [0.2, 0.25) is 0 Å². The summed E-state index contributed by atoms with van der Waals surface area (Å²) >= 11 is 0. The Bertz CT molecular complexity index is 923. The lowest BCUT2D eigenvalue weighted by Gasteiger charge is -2.08. The molecule has 0 bridgehead atoms. The molecule has 0 aliphatic rings. The van der Waals surface area contributed by atoms with Gasteiger partial charge in [0.25, 0.3) is 5.91 Å². The highest BCUT2D eigenvalue weighted by Gasteiger charge is 2.09. The van der Waals surface area contributed by atoms with E-state index in [1.54, 1.807) is 6.92 Å². The summed E-state index contributed by atoms with van der Waals surface area (Å²) in [5.74, 6) is 0.629. The topological polar surface area (TPSA) is 76.5 Å². The highest BCUT2D eigenvalue weighted by molar-refractivity contribution is 5.99. The van der Waals surface area contributed by atoms with Gasteiger partial charge in [-0.3, -0.25) is 4.79 Å². The second-order valence-electron chi connectivity index (χ2n) is 5.48. The largest absolute Gasteiger partial charge is 0.467 e. The summed E-state index contributed by atoms with van der Waals surface area (Å²) in [6, 6.07) is 17.1. The van der Waals surface area contributed by atoms with Gasteiger partial charge in [-0.2, -0.15) is 10.1 Å². The van der Waals surface area contributed by atoms with Crippen LogP contribution >= 0.6 is 0 Å². The number of hydrogen-bond donors (Lipinski definition) is 1. The zero-order chi connectivity index (χ0) is 17.6. The Labute approximate surface area is 145 Å². The van der Waals surface area contributed by atoms with Crippen LogP contribution in [0.25, 0.3) is 10.9 Å². The summed E-state index contributed by atoms with van der Waals surface area (Å²) in [6.45, 7) is 3.44. The van der Waals surface area contributed by atoms with Crippen LogP contribution in [0.3, 0.4) is 0 Å². The summed E-state index contributed by atoms with van der Waals surface area (Å²) in [5, 5.41) is 4.86. The second kappa shape index (κ2) is 7.53. The molecule has 1 aromatic heterocycles. The summed E-state index contributed by atoms with van der Waals surface area (Å²) in [7, 11) is 0. The van der Waals surface area contributed by atoms with Gasteiger partial charge in [0.05, 0.1) is 16.6 Å². The van der Waals surface area contributed by atoms with Gasteiger partial charge in [-0.15, -0.1) is 0 Å². The van der Waals surface area contributed by atoms with Crippen LogP contribution in [0.15, 0.2) is 59.7 Å². The van der Waals surface area contributed by atoms with Crippen LogP contribution in [0.5, 0.6) is 5.88 Å². The van der Waals surface area contributed by atoms with Crippen molar-refractivity contribution in [2.45, 2.75) is 13.8 Å². The van der Waals surface area contributed by atoms with Crippen molar-refractivity contribution in [2.75, 3.05) is 6.61 Å². The minimum absolute atomic E-state index is 0.175. The van der Waals surface area contributed by atoms with Crippen molar-refractivity contribution in [3.05, 3.63) is 66.0 Å². The van der Waals surface area contributed by atoms with Gasteiger partial charge in [0.15, 0.2) is 6.61 Å². The zero-order valence-corrected chi connectivity index (χ0v) is 14.1. The number of hydrogen-bond acceptors (Lipinski definition) is 5. The van der Waals surface area contributed by atoms with Gasteiger partial charge in [-0.05, 0) is 31.5 Å². The van der Waals surface area contributed by atoms with Crippen molar-refractivity contribution in [3.63, 3.8) is 0 Å². The summed E-state index contributed by atoms with van der Waals surface area (Å²) in [4.78, 5) is 20.6. The lowest BCUT2D eigenvalue weighted by atomic mass is 10.1. The van der Waals surface area contributed by atoms with Crippen molar-refractivity contribution in [1.29, 1.82) is 0 Å². The van der Waals surface area contributed by atoms with E-state index in [9.17, 15) is 4.79 Å². The maximum atomic E-state index is 12.0. The summed E-state index contributed by atoms with van der Waals surface area (Å²) < 4.78 is 5.57. The van der Waals surface area contributed by atoms with E-state index in [2.05, 4.69) is 20.5 Å². The van der Waals surface area contributed by atoms with Gasteiger partial charge in [-0.1, -0.05) is 42.5 Å². The van der Waals surface area contributed by atoms with Crippen LogP contribution in [0.4, 0.5) is 0 Å². The van der Waals surface area contributed by atoms with Crippen LogP contribution in [-0.2, 0) is 4.79 Å². The maximum Gasteiger partial charge on any atom is 0.278 e. The molecule has 0 radical (unpaired) electrons. The van der Waals surface area contributed by atoms with Crippen LogP contribution in [-0.4, -0.2) is 28.2 Å². The fraction of sp³-hybridized carbons (Fsp3) is 0.158. The molecule has 1 heterocycles. The maximum absolute atomic E-state index is 12.0. The molecule has 2 aromatic carbocycles. The molecule has 1 N–H and O–H groups in total. The number of amides is 1. The molecule has 0 aliphatic heterocycles. The lowest BCUT2D eigenvalue weighted by Crippen LogP contribution is -2.26. The third kappa shape index (κ3) is 4.17. The number of ether oxygens (including phenoxy) is 1. The quantitative estimate of drug-likeness (QED) is 0.575. The number of benzene rings is 2. The van der Waals surface area contributed by atoms with Crippen molar-refractivity contribution in [1.82, 2.24) is 15.4 Å². The molecule has 0 saturated heterocycles. The molecule has 6 heteroatoms. The third-order valence-electron chi connectivity index (χ3n) is 3.56. The van der Waals surface area contributed by atoms with Crippen molar-refractivity contribution < 1.29 is 9.53 Å². The van der Waals surface area contributed by atoms with E-state index >= 15 is 0 Å². The number of carbonyl (C=O) groups excluding carboxylic acids is 1. The number of hydrazone groups is 1. The van der Waals surface area contributed by atoms with Gasteiger partial charge in [0.1, 0.15) is 5.82 Å². The minimum Gasteiger partial charge on any atom is -0.467 e. The molecule has 6 nitrogen and oxygen atoms in total. The third-order valence-corrected chi connectivity index (χ3v) is 3.56. The SMILES string of the molecule is C/C(=N/NC(=O)COc1nc(C)nc2ccccc12)c1ccccc1. The molecule has 25 heavy (non-hydrogen) atoms. The Kier molecular flexibility index (Phi) is 4.99. The number of fused-ring (bicyclic) bond motifs is 1. The molecular weight excluding hydrogens is 316 g/mol. The number of aryl methyl sites for hydroxylation is 1. The minimum atomic E-state index is -0.351. The van der Waals surface area contributed by atoms with Gasteiger partial charge in [0.2, 0.25) is 5.88 Å². The molecule has 0 unspecified atom stereocenters. The smallest absolute Gasteiger partial charge is 0.278 e. The molecule has 3 rings (SSSR count). The van der Waals surface area contributed by atoms with Crippen molar-refractivity contribution >= 4 is 22.5 Å². The zero-order valence-electron chi connectivity index (χ0n) is 14.1. The number of rotatable bonds is 5. The predicted octanol–water partition coefficient (Wildman–Crippen LogP) is 2.86. The monoisotopic (exact) mass is 334 g/mol. The van der Waals surface area contributed by atoms with Crippen LogP contribution in [0.1, 0.15) is 18.3 Å². The molecule has 3 aromatic rings. The van der Waals surface area contributed by atoms with Gasteiger partial charge in [-0.25, -0.2) is 10.4 Å². The van der Waals surface area contributed by atoms with E-state index in [0.29, 0.717) is 11.7 Å². The lowest BCUT2D eigenvalue weighted by molar-refractivity contribution is -0.123. The molecule has 1 amide bonds. The molecule has 0 spiro atoms. The molecule has 0 saturated carbocycles. The number of carbonyl (C=O) groups is 1. The van der Waals surface area contributed by atoms with E-state index in [-0.39, 0.29) is 12.5 Å². The first-order valence-electron chi connectivity index (χ1n) is 7.88. The fourth-order valence-corrected chi connectivity index (χ4v) is 2.32. The standard InChI is InChI=1S/C19H18N4O2/c1-13(15-8-4-3-5-9-15)22-23-18(24)12-25-19-16-10-6-7-11-17(16)20-14(2)21-19/h3-11H,12H2,1-2H3,(H,23,24)/b22-13-. The van der Waals surface area contributed by atoms with E-state index < -0.39 is 0 Å². The molecule has 126 valence electrons. The van der Waals surface area contributed by atoms with Gasteiger partial charge in [0, 0.05) is 0 Å². The Morgan fingerprint density at radius 3 is 2.60 bits per heavy atom. The first-order valence-corrected chi connectivity index (χ1v) is 7.88. The molecule has 0 atom stereocenters. The van der Waals surface area contributed by atoms with Crippen molar-refractivity contribution in [3.8, 4) is 5.88 Å². The first kappa shape index (κ1) is 16.6. The van der Waals surface area contributed by atoms with E-state index in [4.69, 9.17) is 4.74 Å². The van der Waals surface area contributed by atoms with Gasteiger partial charge < -0.3 is 4.74 Å². The number of aromatic nitrogens is 2. The van der Waals surface area contributed by atoms with Gasteiger partial charge >= 0.3 is 0 Å². The van der Waals surface area contributed by atoms with E-state index in [1.165, 1.54) is 0 Å². The number of para-hydroxylation sites is 1. The second-order valence-corrected chi connectivity index (χ2v) is 5.48. The van der Waals surface area contributed by atoms with E-state index in [0.717, 1.165) is 22.2 Å². The van der Waals surface area contributed by atoms with Crippen molar-refractivity contribution in [2.24, 2.45) is 5.10 Å². The average molecular weight is 334 g/mol. The molecular formula is C19H18N4O2.